The molecule has 0 saturated heterocycles. The van der Waals surface area contributed by atoms with E-state index in [1.807, 2.05) is 0 Å². The Hall–Kier alpha value is -1.84. The highest BCUT2D eigenvalue weighted by Crippen LogP contribution is 2.29. The highest BCUT2D eigenvalue weighted by atomic mass is 15.2. The van der Waals surface area contributed by atoms with Crippen LogP contribution in [0.5, 0.6) is 0 Å². The number of fused-ring (bicyclic) bond motifs is 3. The topological polar surface area (TPSA) is 20.2 Å². The number of benzene rings is 2. The standard InChI is InChI=1S/C21H29N3/c1-6-24-19-10-8-7-9-17(19)18-13-16(11-12-20(18)24)14-22-15-21(2,3)23(4)5/h7-13,22H,6,14-15H2,1-5H3. The highest BCUT2D eigenvalue weighted by Gasteiger charge is 2.19. The minimum absolute atomic E-state index is 0.155. The molecule has 3 aromatic rings. The zero-order valence-corrected chi connectivity index (χ0v) is 15.6. The van der Waals surface area contributed by atoms with Crippen molar-refractivity contribution in [3.05, 3.63) is 48.0 Å². The van der Waals surface area contributed by atoms with Crippen LogP contribution in [0.25, 0.3) is 21.8 Å². The van der Waals surface area contributed by atoms with E-state index in [-0.39, 0.29) is 5.54 Å². The van der Waals surface area contributed by atoms with Crippen molar-refractivity contribution in [2.75, 3.05) is 20.6 Å². The lowest BCUT2D eigenvalue weighted by Gasteiger charge is -2.32. The third-order valence-electron chi connectivity index (χ3n) is 5.25. The molecule has 24 heavy (non-hydrogen) atoms. The summed E-state index contributed by atoms with van der Waals surface area (Å²) < 4.78 is 2.40. The molecule has 0 spiro atoms. The van der Waals surface area contributed by atoms with Crippen molar-refractivity contribution in [3.8, 4) is 0 Å². The molecule has 0 fully saturated rings. The molecule has 0 unspecified atom stereocenters. The first-order chi connectivity index (χ1) is 11.4. The van der Waals surface area contributed by atoms with Gasteiger partial charge < -0.3 is 14.8 Å². The zero-order valence-electron chi connectivity index (χ0n) is 15.6. The quantitative estimate of drug-likeness (QED) is 0.732. The Kier molecular flexibility index (Phi) is 4.66. The number of aryl methyl sites for hydroxylation is 1. The van der Waals surface area contributed by atoms with Gasteiger partial charge in [0.25, 0.3) is 0 Å². The van der Waals surface area contributed by atoms with Crippen molar-refractivity contribution in [1.29, 1.82) is 0 Å². The molecule has 0 aliphatic rings. The SMILES string of the molecule is CCn1c2ccccc2c2cc(CNCC(C)(C)N(C)C)ccc21. The van der Waals surface area contributed by atoms with Gasteiger partial charge in [-0.25, -0.2) is 0 Å². The Bertz CT molecular complexity index is 843. The van der Waals surface area contributed by atoms with Crippen molar-refractivity contribution in [2.24, 2.45) is 0 Å². The first-order valence-corrected chi connectivity index (χ1v) is 8.82. The summed E-state index contributed by atoms with van der Waals surface area (Å²) in [6, 6.07) is 15.6. The second kappa shape index (κ2) is 6.58. The predicted octanol–water partition coefficient (Wildman–Crippen LogP) is 4.24. The molecule has 1 N–H and O–H groups in total. The van der Waals surface area contributed by atoms with Crippen LogP contribution in [0.15, 0.2) is 42.5 Å². The predicted molar refractivity (Wildman–Crippen MR) is 105 cm³/mol. The molecule has 128 valence electrons. The number of likely N-dealkylation sites (N-methyl/N-ethyl adjacent to an activating group) is 1. The van der Waals surface area contributed by atoms with E-state index in [4.69, 9.17) is 0 Å². The Balaban J connectivity index is 1.88. The van der Waals surface area contributed by atoms with Gasteiger partial charge in [-0.1, -0.05) is 24.3 Å². The fraction of sp³-hybridized carbons (Fsp3) is 0.429. The van der Waals surface area contributed by atoms with Crippen LogP contribution in [0.3, 0.4) is 0 Å². The normalized spacial score (nSPS) is 12.6. The maximum atomic E-state index is 3.61. The van der Waals surface area contributed by atoms with Gasteiger partial charge in [0.05, 0.1) is 0 Å². The van der Waals surface area contributed by atoms with Gasteiger partial charge in [0.1, 0.15) is 0 Å². The van der Waals surface area contributed by atoms with Crippen molar-refractivity contribution >= 4 is 21.8 Å². The van der Waals surface area contributed by atoms with Gasteiger partial charge >= 0.3 is 0 Å². The van der Waals surface area contributed by atoms with Crippen LogP contribution in [-0.2, 0) is 13.1 Å². The van der Waals surface area contributed by atoms with Gasteiger partial charge in [0.15, 0.2) is 0 Å². The lowest BCUT2D eigenvalue weighted by Crippen LogP contribution is -2.46. The van der Waals surface area contributed by atoms with Gasteiger partial charge in [-0.3, -0.25) is 0 Å². The fourth-order valence-corrected chi connectivity index (χ4v) is 3.22. The minimum Gasteiger partial charge on any atom is -0.341 e. The van der Waals surface area contributed by atoms with Crippen molar-refractivity contribution in [3.63, 3.8) is 0 Å². The summed E-state index contributed by atoms with van der Waals surface area (Å²) in [7, 11) is 4.26. The van der Waals surface area contributed by atoms with E-state index in [9.17, 15) is 0 Å². The lowest BCUT2D eigenvalue weighted by molar-refractivity contribution is 0.190. The fourth-order valence-electron chi connectivity index (χ4n) is 3.22. The van der Waals surface area contributed by atoms with E-state index in [1.54, 1.807) is 0 Å². The summed E-state index contributed by atoms with van der Waals surface area (Å²) in [5.74, 6) is 0. The molecule has 0 atom stereocenters. The number of nitrogens with one attached hydrogen (secondary N) is 1. The Morgan fingerprint density at radius 2 is 1.71 bits per heavy atom. The summed E-state index contributed by atoms with van der Waals surface area (Å²) in [6.07, 6.45) is 0. The summed E-state index contributed by atoms with van der Waals surface area (Å²) in [5, 5.41) is 6.32. The van der Waals surface area contributed by atoms with Crippen LogP contribution in [0.4, 0.5) is 0 Å². The third kappa shape index (κ3) is 3.06. The van der Waals surface area contributed by atoms with Crippen molar-refractivity contribution < 1.29 is 0 Å². The second-order valence-electron chi connectivity index (χ2n) is 7.42. The van der Waals surface area contributed by atoms with Crippen LogP contribution in [0.2, 0.25) is 0 Å². The van der Waals surface area contributed by atoms with Crippen LogP contribution in [0, 0.1) is 0 Å². The molecule has 2 aromatic carbocycles. The van der Waals surface area contributed by atoms with E-state index in [2.05, 4.69) is 92.1 Å². The first-order valence-electron chi connectivity index (χ1n) is 8.82. The lowest BCUT2D eigenvalue weighted by atomic mass is 10.0. The molecule has 0 radical (unpaired) electrons. The first kappa shape index (κ1) is 17.0. The summed E-state index contributed by atoms with van der Waals surface area (Å²) in [4.78, 5) is 2.26. The van der Waals surface area contributed by atoms with Crippen LogP contribution >= 0.6 is 0 Å². The van der Waals surface area contributed by atoms with Crippen LogP contribution < -0.4 is 5.32 Å². The number of nitrogens with zero attached hydrogens (tertiary/aromatic N) is 2. The Morgan fingerprint density at radius 1 is 1.00 bits per heavy atom. The maximum Gasteiger partial charge on any atom is 0.0491 e. The molecule has 0 saturated carbocycles. The molecule has 0 amide bonds. The monoisotopic (exact) mass is 323 g/mol. The largest absolute Gasteiger partial charge is 0.341 e. The summed E-state index contributed by atoms with van der Waals surface area (Å²) >= 11 is 0. The van der Waals surface area contributed by atoms with E-state index in [1.165, 1.54) is 27.4 Å². The van der Waals surface area contributed by atoms with Crippen LogP contribution in [-0.4, -0.2) is 35.6 Å². The van der Waals surface area contributed by atoms with E-state index in [0.29, 0.717) is 0 Å². The Morgan fingerprint density at radius 3 is 2.42 bits per heavy atom. The number of para-hydroxylation sites is 1. The van der Waals surface area contributed by atoms with Gasteiger partial charge in [0, 0.05) is 47.0 Å². The molecule has 0 aliphatic heterocycles. The van der Waals surface area contributed by atoms with E-state index >= 15 is 0 Å². The molecular formula is C21H29N3. The smallest absolute Gasteiger partial charge is 0.0491 e. The van der Waals surface area contributed by atoms with Gasteiger partial charge in [-0.05, 0) is 58.6 Å². The number of aromatic nitrogens is 1. The van der Waals surface area contributed by atoms with E-state index < -0.39 is 0 Å². The molecule has 1 aromatic heterocycles. The summed E-state index contributed by atoms with van der Waals surface area (Å²) in [6.45, 7) is 9.60. The zero-order chi connectivity index (χ0) is 17.3. The maximum absolute atomic E-state index is 3.61. The minimum atomic E-state index is 0.155. The van der Waals surface area contributed by atoms with Gasteiger partial charge in [-0.2, -0.15) is 0 Å². The number of hydrogen-bond acceptors (Lipinski definition) is 2. The Labute approximate surface area is 145 Å². The van der Waals surface area contributed by atoms with Crippen molar-refractivity contribution in [1.82, 2.24) is 14.8 Å². The highest BCUT2D eigenvalue weighted by molar-refractivity contribution is 6.08. The van der Waals surface area contributed by atoms with Crippen molar-refractivity contribution in [2.45, 2.75) is 39.4 Å². The third-order valence-corrected chi connectivity index (χ3v) is 5.25. The average molecular weight is 323 g/mol. The molecule has 3 heteroatoms. The van der Waals surface area contributed by atoms with Crippen LogP contribution in [0.1, 0.15) is 26.3 Å². The molecular weight excluding hydrogens is 294 g/mol. The van der Waals surface area contributed by atoms with Gasteiger partial charge in [-0.15, -0.1) is 0 Å². The average Bonchev–Trinajstić information content (AvgIpc) is 2.88. The summed E-state index contributed by atoms with van der Waals surface area (Å²) in [5.41, 5.74) is 4.16. The molecule has 0 aliphatic carbocycles. The molecule has 3 rings (SSSR count). The molecule has 3 nitrogen and oxygen atoms in total. The second-order valence-corrected chi connectivity index (χ2v) is 7.42. The molecule has 1 heterocycles. The molecule has 0 bridgehead atoms. The van der Waals surface area contributed by atoms with Gasteiger partial charge in [0.2, 0.25) is 0 Å². The van der Waals surface area contributed by atoms with E-state index in [0.717, 1.165) is 19.6 Å². The number of hydrogen-bond donors (Lipinski definition) is 1. The number of rotatable bonds is 6.